The third kappa shape index (κ3) is 5.20. The van der Waals surface area contributed by atoms with Gasteiger partial charge in [0.25, 0.3) is 5.91 Å². The first kappa shape index (κ1) is 15.5. The summed E-state index contributed by atoms with van der Waals surface area (Å²) in [6.45, 7) is 4.70. The molecule has 1 aromatic rings. The molecule has 5 nitrogen and oxygen atoms in total. The van der Waals surface area contributed by atoms with Gasteiger partial charge in [0.1, 0.15) is 6.61 Å². The molecule has 1 aliphatic rings. The molecule has 1 saturated heterocycles. The molecule has 1 aliphatic heterocycles. The standard InChI is InChI=1S/C16H20N2O3/c19-11-1-2-14-3-5-15(6-4-14)16(20)17-7-8-18-9-12-21-13-10-18/h3-6,19H,7-13H2,(H,17,20). The largest absolute Gasteiger partial charge is 0.384 e. The van der Waals surface area contributed by atoms with E-state index < -0.39 is 0 Å². The normalized spacial score (nSPS) is 15.1. The van der Waals surface area contributed by atoms with E-state index >= 15 is 0 Å². The van der Waals surface area contributed by atoms with Crippen molar-refractivity contribution in [3.8, 4) is 11.8 Å². The number of aliphatic hydroxyl groups excluding tert-OH is 1. The Labute approximate surface area is 124 Å². The van der Waals surface area contributed by atoms with Crippen LogP contribution in [0, 0.1) is 11.8 Å². The van der Waals surface area contributed by atoms with Crippen molar-refractivity contribution in [1.29, 1.82) is 0 Å². The maximum Gasteiger partial charge on any atom is 0.251 e. The average Bonchev–Trinajstić information content (AvgIpc) is 2.54. The number of amides is 1. The molecule has 5 heteroatoms. The molecule has 0 spiro atoms. The van der Waals surface area contributed by atoms with E-state index in [0.29, 0.717) is 12.1 Å². The van der Waals surface area contributed by atoms with Crippen LogP contribution in [-0.4, -0.2) is 61.9 Å². The van der Waals surface area contributed by atoms with Crippen molar-refractivity contribution in [2.24, 2.45) is 0 Å². The van der Waals surface area contributed by atoms with Gasteiger partial charge in [0.2, 0.25) is 0 Å². The molecule has 0 radical (unpaired) electrons. The summed E-state index contributed by atoms with van der Waals surface area (Å²) in [5.41, 5.74) is 1.40. The zero-order valence-corrected chi connectivity index (χ0v) is 12.0. The minimum Gasteiger partial charge on any atom is -0.384 e. The number of nitrogens with one attached hydrogen (secondary N) is 1. The number of rotatable bonds is 4. The number of morpholine rings is 1. The van der Waals surface area contributed by atoms with Gasteiger partial charge in [-0.2, -0.15) is 0 Å². The summed E-state index contributed by atoms with van der Waals surface area (Å²) in [6.07, 6.45) is 0. The highest BCUT2D eigenvalue weighted by Crippen LogP contribution is 2.03. The van der Waals surface area contributed by atoms with E-state index in [1.807, 2.05) is 0 Å². The van der Waals surface area contributed by atoms with Gasteiger partial charge in [0.15, 0.2) is 0 Å². The first-order valence-corrected chi connectivity index (χ1v) is 7.07. The van der Waals surface area contributed by atoms with Gasteiger partial charge in [0.05, 0.1) is 13.2 Å². The first-order chi connectivity index (χ1) is 10.3. The number of nitrogens with zero attached hydrogens (tertiary/aromatic N) is 1. The van der Waals surface area contributed by atoms with Gasteiger partial charge in [-0.1, -0.05) is 11.8 Å². The van der Waals surface area contributed by atoms with E-state index in [9.17, 15) is 4.79 Å². The van der Waals surface area contributed by atoms with Crippen molar-refractivity contribution >= 4 is 5.91 Å². The fraction of sp³-hybridized carbons (Fsp3) is 0.438. The molecule has 1 heterocycles. The number of aliphatic hydroxyl groups is 1. The van der Waals surface area contributed by atoms with Gasteiger partial charge in [-0.05, 0) is 24.3 Å². The zero-order valence-electron chi connectivity index (χ0n) is 12.0. The predicted molar refractivity (Wildman–Crippen MR) is 80.0 cm³/mol. The summed E-state index contributed by atoms with van der Waals surface area (Å²) in [6, 6.07) is 7.04. The summed E-state index contributed by atoms with van der Waals surface area (Å²) in [4.78, 5) is 14.3. The van der Waals surface area contributed by atoms with Crippen molar-refractivity contribution in [2.45, 2.75) is 0 Å². The number of hydrogen-bond donors (Lipinski definition) is 2. The number of carbonyl (C=O) groups is 1. The minimum absolute atomic E-state index is 0.0788. The van der Waals surface area contributed by atoms with Gasteiger partial charge in [-0.25, -0.2) is 0 Å². The van der Waals surface area contributed by atoms with Crippen LogP contribution in [0.2, 0.25) is 0 Å². The Morgan fingerprint density at radius 3 is 2.67 bits per heavy atom. The van der Waals surface area contributed by atoms with Crippen molar-refractivity contribution in [3.05, 3.63) is 35.4 Å². The van der Waals surface area contributed by atoms with E-state index in [2.05, 4.69) is 22.1 Å². The van der Waals surface area contributed by atoms with Crippen LogP contribution in [0.5, 0.6) is 0 Å². The molecule has 21 heavy (non-hydrogen) atoms. The molecule has 0 unspecified atom stereocenters. The van der Waals surface area contributed by atoms with E-state index in [4.69, 9.17) is 9.84 Å². The quantitative estimate of drug-likeness (QED) is 0.771. The van der Waals surface area contributed by atoms with Crippen LogP contribution in [0.4, 0.5) is 0 Å². The summed E-state index contributed by atoms with van der Waals surface area (Å²) < 4.78 is 5.28. The fourth-order valence-electron chi connectivity index (χ4n) is 2.10. The molecule has 0 atom stereocenters. The third-order valence-electron chi connectivity index (χ3n) is 3.28. The second-order valence-electron chi connectivity index (χ2n) is 4.75. The highest BCUT2D eigenvalue weighted by atomic mass is 16.5. The number of carbonyl (C=O) groups excluding carboxylic acids is 1. The molecule has 1 aromatic carbocycles. The Hall–Kier alpha value is -1.87. The molecular formula is C16H20N2O3. The molecule has 2 N–H and O–H groups in total. The highest BCUT2D eigenvalue weighted by molar-refractivity contribution is 5.94. The summed E-state index contributed by atoms with van der Waals surface area (Å²) in [5, 5.41) is 11.5. The van der Waals surface area contributed by atoms with Crippen LogP contribution < -0.4 is 5.32 Å². The van der Waals surface area contributed by atoms with Crippen LogP contribution in [0.15, 0.2) is 24.3 Å². The Morgan fingerprint density at radius 1 is 1.29 bits per heavy atom. The molecule has 0 aliphatic carbocycles. The van der Waals surface area contributed by atoms with E-state index in [-0.39, 0.29) is 12.5 Å². The molecule has 1 fully saturated rings. The number of ether oxygens (including phenoxy) is 1. The highest BCUT2D eigenvalue weighted by Gasteiger charge is 2.10. The summed E-state index contributed by atoms with van der Waals surface area (Å²) in [7, 11) is 0. The number of benzene rings is 1. The van der Waals surface area contributed by atoms with Crippen LogP contribution in [0.1, 0.15) is 15.9 Å². The average molecular weight is 288 g/mol. The van der Waals surface area contributed by atoms with Crippen molar-refractivity contribution in [1.82, 2.24) is 10.2 Å². The predicted octanol–water partition coefficient (Wildman–Crippen LogP) is 0.0924. The van der Waals surface area contributed by atoms with Crippen LogP contribution >= 0.6 is 0 Å². The lowest BCUT2D eigenvalue weighted by Crippen LogP contribution is -2.41. The minimum atomic E-state index is -0.163. The van der Waals surface area contributed by atoms with Crippen molar-refractivity contribution in [2.75, 3.05) is 46.0 Å². The fourth-order valence-corrected chi connectivity index (χ4v) is 2.10. The van der Waals surface area contributed by atoms with Gasteiger partial charge in [-0.15, -0.1) is 0 Å². The molecular weight excluding hydrogens is 268 g/mol. The van der Waals surface area contributed by atoms with E-state index in [1.54, 1.807) is 24.3 Å². The monoisotopic (exact) mass is 288 g/mol. The van der Waals surface area contributed by atoms with Gasteiger partial charge >= 0.3 is 0 Å². The van der Waals surface area contributed by atoms with Crippen LogP contribution in [0.3, 0.4) is 0 Å². The summed E-state index contributed by atoms with van der Waals surface area (Å²) >= 11 is 0. The molecule has 2 rings (SSSR count). The van der Waals surface area contributed by atoms with E-state index in [1.165, 1.54) is 0 Å². The molecule has 1 amide bonds. The topological polar surface area (TPSA) is 61.8 Å². The second kappa shape index (κ2) is 8.42. The van der Waals surface area contributed by atoms with Crippen LogP contribution in [-0.2, 0) is 4.74 Å². The molecule has 0 bridgehead atoms. The second-order valence-corrected chi connectivity index (χ2v) is 4.75. The van der Waals surface area contributed by atoms with Gasteiger partial charge < -0.3 is 15.2 Å². The lowest BCUT2D eigenvalue weighted by molar-refractivity contribution is 0.0383. The third-order valence-corrected chi connectivity index (χ3v) is 3.28. The van der Waals surface area contributed by atoms with Gasteiger partial charge in [0, 0.05) is 37.3 Å². The summed E-state index contributed by atoms with van der Waals surface area (Å²) in [5.74, 6) is 5.29. The Balaban J connectivity index is 1.77. The van der Waals surface area contributed by atoms with Gasteiger partial charge in [-0.3, -0.25) is 9.69 Å². The maximum absolute atomic E-state index is 12.0. The Kier molecular flexibility index (Phi) is 6.22. The SMILES string of the molecule is O=C(NCCN1CCOCC1)c1ccc(C#CCO)cc1. The smallest absolute Gasteiger partial charge is 0.251 e. The Morgan fingerprint density at radius 2 is 2.00 bits per heavy atom. The van der Waals surface area contributed by atoms with Crippen LogP contribution in [0.25, 0.3) is 0 Å². The van der Waals surface area contributed by atoms with Crippen molar-refractivity contribution < 1.29 is 14.6 Å². The first-order valence-electron chi connectivity index (χ1n) is 7.07. The lowest BCUT2D eigenvalue weighted by Gasteiger charge is -2.26. The number of hydrogen-bond acceptors (Lipinski definition) is 4. The Bertz CT molecular complexity index is 511. The van der Waals surface area contributed by atoms with Crippen molar-refractivity contribution in [3.63, 3.8) is 0 Å². The molecule has 0 saturated carbocycles. The van der Waals surface area contributed by atoms with E-state index in [0.717, 1.165) is 38.4 Å². The zero-order chi connectivity index (χ0) is 14.9. The molecule has 112 valence electrons. The maximum atomic E-state index is 12.0. The molecule has 0 aromatic heterocycles. The lowest BCUT2D eigenvalue weighted by atomic mass is 10.1.